The summed E-state index contributed by atoms with van der Waals surface area (Å²) in [5, 5.41) is 3.30. The topological polar surface area (TPSA) is 21.3 Å². The lowest BCUT2D eigenvalue weighted by Gasteiger charge is -2.31. The van der Waals surface area contributed by atoms with E-state index in [2.05, 4.69) is 5.32 Å². The van der Waals surface area contributed by atoms with Crippen molar-refractivity contribution in [3.63, 3.8) is 0 Å². The van der Waals surface area contributed by atoms with Crippen molar-refractivity contribution < 1.29 is 17.9 Å². The number of likely N-dealkylation sites (N-methyl/N-ethyl adjacent to an activating group) is 1. The lowest BCUT2D eigenvalue weighted by Crippen LogP contribution is -2.42. The third-order valence-electron chi connectivity index (χ3n) is 4.34. The molecule has 2 bridgehead atoms. The molecule has 0 aromatic rings. The first-order chi connectivity index (χ1) is 8.49. The van der Waals surface area contributed by atoms with E-state index in [-0.39, 0.29) is 12.6 Å². The van der Waals surface area contributed by atoms with Crippen LogP contribution in [0.15, 0.2) is 0 Å². The second-order valence-electron chi connectivity index (χ2n) is 5.63. The minimum absolute atomic E-state index is 0.0904. The highest BCUT2D eigenvalue weighted by molar-refractivity contribution is 4.95. The van der Waals surface area contributed by atoms with Gasteiger partial charge in [-0.3, -0.25) is 0 Å². The van der Waals surface area contributed by atoms with Crippen LogP contribution >= 0.6 is 0 Å². The molecule has 0 aromatic carbocycles. The van der Waals surface area contributed by atoms with Crippen molar-refractivity contribution in [3.8, 4) is 0 Å². The van der Waals surface area contributed by atoms with Crippen molar-refractivity contribution in [1.29, 1.82) is 0 Å². The number of fused-ring (bicyclic) bond motifs is 2. The Morgan fingerprint density at radius 2 is 2.06 bits per heavy atom. The highest BCUT2D eigenvalue weighted by Gasteiger charge is 2.43. The van der Waals surface area contributed by atoms with Gasteiger partial charge in [-0.15, -0.1) is 0 Å². The Hall–Kier alpha value is -0.290. The SMILES string of the molecule is CCNC(COCC(F)(F)F)C1CC2CCC1C2. The van der Waals surface area contributed by atoms with Crippen LogP contribution in [0, 0.1) is 17.8 Å². The first-order valence-corrected chi connectivity index (χ1v) is 6.87. The molecule has 2 saturated carbocycles. The van der Waals surface area contributed by atoms with Gasteiger partial charge >= 0.3 is 6.18 Å². The number of rotatable bonds is 6. The molecule has 0 aromatic heterocycles. The summed E-state index contributed by atoms with van der Waals surface area (Å²) in [6, 6.07) is 0.0904. The largest absolute Gasteiger partial charge is 0.411 e. The number of halogens is 3. The molecule has 0 aliphatic heterocycles. The average Bonchev–Trinajstić information content (AvgIpc) is 2.87. The van der Waals surface area contributed by atoms with Crippen LogP contribution in [0.2, 0.25) is 0 Å². The van der Waals surface area contributed by atoms with Crippen LogP contribution in [-0.4, -0.2) is 32.0 Å². The van der Waals surface area contributed by atoms with E-state index in [0.717, 1.165) is 18.9 Å². The number of alkyl halides is 3. The molecule has 4 atom stereocenters. The molecular formula is C13H22F3NO. The molecule has 2 rings (SSSR count). The molecule has 4 unspecified atom stereocenters. The summed E-state index contributed by atoms with van der Waals surface area (Å²) >= 11 is 0. The van der Waals surface area contributed by atoms with Gasteiger partial charge < -0.3 is 10.1 Å². The van der Waals surface area contributed by atoms with Gasteiger partial charge in [0, 0.05) is 6.04 Å². The first kappa shape index (κ1) is 14.1. The standard InChI is InChI=1S/C13H22F3NO/c1-2-17-12(7-18-8-13(14,15)16)11-6-9-3-4-10(11)5-9/h9-12,17H,2-8H2,1H3. The molecule has 106 valence electrons. The van der Waals surface area contributed by atoms with E-state index in [4.69, 9.17) is 4.74 Å². The van der Waals surface area contributed by atoms with Crippen LogP contribution in [0.25, 0.3) is 0 Å². The van der Waals surface area contributed by atoms with Crippen molar-refractivity contribution in [2.75, 3.05) is 19.8 Å². The molecule has 18 heavy (non-hydrogen) atoms. The van der Waals surface area contributed by atoms with E-state index < -0.39 is 12.8 Å². The van der Waals surface area contributed by atoms with Crippen LogP contribution in [0.5, 0.6) is 0 Å². The van der Waals surface area contributed by atoms with Crippen LogP contribution < -0.4 is 5.32 Å². The van der Waals surface area contributed by atoms with Crippen LogP contribution in [0.1, 0.15) is 32.6 Å². The van der Waals surface area contributed by atoms with Gasteiger partial charge in [-0.05, 0) is 43.6 Å². The third kappa shape index (κ3) is 3.60. The summed E-state index contributed by atoms with van der Waals surface area (Å²) in [5.74, 6) is 2.02. The normalized spacial score (nSPS) is 33.0. The lowest BCUT2D eigenvalue weighted by atomic mass is 9.83. The zero-order valence-corrected chi connectivity index (χ0v) is 10.8. The number of nitrogens with one attached hydrogen (secondary N) is 1. The van der Waals surface area contributed by atoms with Crippen molar-refractivity contribution >= 4 is 0 Å². The van der Waals surface area contributed by atoms with Crippen molar-refractivity contribution in [2.24, 2.45) is 17.8 Å². The number of hydrogen-bond acceptors (Lipinski definition) is 2. The van der Waals surface area contributed by atoms with Crippen molar-refractivity contribution in [2.45, 2.75) is 44.8 Å². The molecule has 1 N–H and O–H groups in total. The summed E-state index contributed by atoms with van der Waals surface area (Å²) in [6.45, 7) is 1.83. The van der Waals surface area contributed by atoms with Gasteiger partial charge in [-0.25, -0.2) is 0 Å². The molecule has 0 heterocycles. The van der Waals surface area contributed by atoms with E-state index in [1.165, 1.54) is 19.3 Å². The Labute approximate surface area is 106 Å². The fraction of sp³-hybridized carbons (Fsp3) is 1.00. The maximum Gasteiger partial charge on any atom is 0.411 e. The van der Waals surface area contributed by atoms with Crippen LogP contribution in [0.4, 0.5) is 13.2 Å². The Bertz CT molecular complexity index is 269. The van der Waals surface area contributed by atoms with Gasteiger partial charge in [0.25, 0.3) is 0 Å². The molecule has 5 heteroatoms. The number of ether oxygens (including phenoxy) is 1. The van der Waals surface area contributed by atoms with Gasteiger partial charge in [-0.1, -0.05) is 13.3 Å². The molecule has 2 nitrogen and oxygen atoms in total. The molecule has 2 aliphatic carbocycles. The highest BCUT2D eigenvalue weighted by atomic mass is 19.4. The third-order valence-corrected chi connectivity index (χ3v) is 4.34. The first-order valence-electron chi connectivity index (χ1n) is 6.87. The summed E-state index contributed by atoms with van der Waals surface area (Å²) in [6.07, 6.45) is 0.773. The Balaban J connectivity index is 1.80. The lowest BCUT2D eigenvalue weighted by molar-refractivity contribution is -0.176. The quantitative estimate of drug-likeness (QED) is 0.797. The predicted molar refractivity (Wildman–Crippen MR) is 63.3 cm³/mol. The van der Waals surface area contributed by atoms with Crippen LogP contribution in [-0.2, 0) is 4.74 Å². The Morgan fingerprint density at radius 3 is 2.56 bits per heavy atom. The van der Waals surface area contributed by atoms with E-state index in [1.807, 2.05) is 6.92 Å². The van der Waals surface area contributed by atoms with E-state index in [0.29, 0.717) is 11.8 Å². The summed E-state index contributed by atoms with van der Waals surface area (Å²) in [5.41, 5.74) is 0. The molecule has 0 spiro atoms. The van der Waals surface area contributed by atoms with Crippen LogP contribution in [0.3, 0.4) is 0 Å². The molecule has 2 fully saturated rings. The smallest absolute Gasteiger partial charge is 0.370 e. The van der Waals surface area contributed by atoms with Crippen molar-refractivity contribution in [3.05, 3.63) is 0 Å². The van der Waals surface area contributed by atoms with Crippen molar-refractivity contribution in [1.82, 2.24) is 5.32 Å². The fourth-order valence-electron chi connectivity index (χ4n) is 3.68. The molecule has 2 aliphatic rings. The van der Waals surface area contributed by atoms with E-state index >= 15 is 0 Å². The van der Waals surface area contributed by atoms with E-state index in [9.17, 15) is 13.2 Å². The molecule has 0 amide bonds. The molecular weight excluding hydrogens is 243 g/mol. The summed E-state index contributed by atoms with van der Waals surface area (Å²) < 4.78 is 41.1. The second-order valence-corrected chi connectivity index (χ2v) is 5.63. The summed E-state index contributed by atoms with van der Waals surface area (Å²) in [4.78, 5) is 0. The number of hydrogen-bond donors (Lipinski definition) is 1. The Kier molecular flexibility index (Phi) is 4.54. The van der Waals surface area contributed by atoms with Gasteiger partial charge in [0.15, 0.2) is 0 Å². The summed E-state index contributed by atoms with van der Waals surface area (Å²) in [7, 11) is 0. The van der Waals surface area contributed by atoms with Gasteiger partial charge in [-0.2, -0.15) is 13.2 Å². The van der Waals surface area contributed by atoms with Gasteiger partial charge in [0.2, 0.25) is 0 Å². The highest BCUT2D eigenvalue weighted by Crippen LogP contribution is 2.49. The maximum atomic E-state index is 12.1. The molecule has 0 radical (unpaired) electrons. The Morgan fingerprint density at radius 1 is 1.28 bits per heavy atom. The maximum absolute atomic E-state index is 12.1. The molecule has 0 saturated heterocycles. The monoisotopic (exact) mass is 265 g/mol. The minimum Gasteiger partial charge on any atom is -0.370 e. The second kappa shape index (κ2) is 5.78. The minimum atomic E-state index is -4.22. The average molecular weight is 265 g/mol. The van der Waals surface area contributed by atoms with Gasteiger partial charge in [0.05, 0.1) is 6.61 Å². The van der Waals surface area contributed by atoms with E-state index in [1.54, 1.807) is 0 Å². The predicted octanol–water partition coefficient (Wildman–Crippen LogP) is 2.98. The zero-order valence-electron chi connectivity index (χ0n) is 10.8. The zero-order chi connectivity index (χ0) is 13.2. The fourth-order valence-corrected chi connectivity index (χ4v) is 3.68. The van der Waals surface area contributed by atoms with Gasteiger partial charge in [0.1, 0.15) is 6.61 Å².